The number of nitrogens with zero attached hydrogens (tertiary/aromatic N) is 2. The Hall–Kier alpha value is -5.24. The van der Waals surface area contributed by atoms with Gasteiger partial charge in [-0.3, -0.25) is 9.69 Å². The lowest BCUT2D eigenvalue weighted by atomic mass is 9.47. The first kappa shape index (κ1) is 34.6. The molecule has 4 aliphatic heterocycles. The van der Waals surface area contributed by atoms with E-state index in [4.69, 9.17) is 14.2 Å². The van der Waals surface area contributed by atoms with Gasteiger partial charge in [-0.2, -0.15) is 0 Å². The molecule has 13 rings (SSSR count). The van der Waals surface area contributed by atoms with Crippen LogP contribution in [0.5, 0.6) is 23.0 Å². The number of aromatic hydroxyl groups is 2. The molecule has 304 valence electrons. The largest absolute Gasteiger partial charge is 0.504 e. The molecule has 4 bridgehead atoms. The Morgan fingerprint density at radius 2 is 1.39 bits per heavy atom. The van der Waals surface area contributed by atoms with E-state index in [9.17, 15) is 30.0 Å². The SMILES string of the molecule is O=C(NCC(=O)N1CC[C@]23c4c5ccc(O)c4O[C@H]2c2[nH]c4c(c2C[C@@]3(O)[C@@H]1C5)C[C@@]1(O)[C@H]2Cc3ccc(O)c5c3[C@@]1(CCN2CC1CC1)[C@H]4O5)OCc1ccccc1. The summed E-state index contributed by atoms with van der Waals surface area (Å²) in [5.41, 5.74) is 3.42. The number of H-pyrrole nitrogens is 1. The van der Waals surface area contributed by atoms with Gasteiger partial charge in [-0.1, -0.05) is 42.5 Å². The maximum atomic E-state index is 14.2. The Labute approximate surface area is 339 Å². The lowest BCUT2D eigenvalue weighted by Crippen LogP contribution is -2.75. The van der Waals surface area contributed by atoms with Gasteiger partial charge >= 0.3 is 6.09 Å². The first-order valence-corrected chi connectivity index (χ1v) is 21.3. The second-order valence-electron chi connectivity index (χ2n) is 18.8. The Bertz CT molecular complexity index is 2540. The van der Waals surface area contributed by atoms with Gasteiger partial charge in [0.2, 0.25) is 5.91 Å². The van der Waals surface area contributed by atoms with Crippen molar-refractivity contribution in [3.63, 3.8) is 0 Å². The van der Waals surface area contributed by atoms with Crippen LogP contribution in [0.25, 0.3) is 0 Å². The van der Waals surface area contributed by atoms with E-state index in [0.29, 0.717) is 56.1 Å². The maximum Gasteiger partial charge on any atom is 0.407 e. The van der Waals surface area contributed by atoms with E-state index in [1.54, 1.807) is 17.0 Å². The van der Waals surface area contributed by atoms with Crippen LogP contribution in [0.2, 0.25) is 0 Å². The average molecular weight is 799 g/mol. The zero-order valence-electron chi connectivity index (χ0n) is 32.5. The Morgan fingerprint density at radius 1 is 0.797 bits per heavy atom. The number of amides is 2. The summed E-state index contributed by atoms with van der Waals surface area (Å²) in [5.74, 6) is 1.20. The molecule has 13 heteroatoms. The summed E-state index contributed by atoms with van der Waals surface area (Å²) in [6.07, 6.45) is 2.90. The van der Waals surface area contributed by atoms with E-state index in [0.717, 1.165) is 63.4 Å². The molecule has 2 saturated heterocycles. The van der Waals surface area contributed by atoms with Crippen molar-refractivity contribution in [1.82, 2.24) is 20.1 Å². The average Bonchev–Trinajstić information content (AvgIpc) is 3.73. The number of phenolic OH excluding ortho intramolecular Hbond substituents is 2. The van der Waals surface area contributed by atoms with E-state index in [2.05, 4.69) is 15.2 Å². The van der Waals surface area contributed by atoms with Crippen molar-refractivity contribution >= 4 is 12.0 Å². The zero-order valence-corrected chi connectivity index (χ0v) is 32.5. The summed E-state index contributed by atoms with van der Waals surface area (Å²) >= 11 is 0. The number of likely N-dealkylation sites (tertiary alicyclic amines) is 2. The quantitative estimate of drug-likeness (QED) is 0.168. The van der Waals surface area contributed by atoms with Crippen molar-refractivity contribution in [2.75, 3.05) is 26.2 Å². The number of hydrogen-bond donors (Lipinski definition) is 6. The van der Waals surface area contributed by atoms with Crippen LogP contribution >= 0.6 is 0 Å². The summed E-state index contributed by atoms with van der Waals surface area (Å²) in [6, 6.07) is 15.7. The number of ether oxygens (including phenoxy) is 3. The summed E-state index contributed by atoms with van der Waals surface area (Å²) in [6.45, 7) is 1.85. The molecule has 1 saturated carbocycles. The predicted octanol–water partition coefficient (Wildman–Crippen LogP) is 3.87. The molecular formula is C46H46N4O9. The highest BCUT2D eigenvalue weighted by atomic mass is 16.5. The summed E-state index contributed by atoms with van der Waals surface area (Å²) in [5, 5.41) is 52.4. The van der Waals surface area contributed by atoms with Crippen molar-refractivity contribution in [1.29, 1.82) is 0 Å². The normalized spacial score (nSPS) is 34.4. The third-order valence-electron chi connectivity index (χ3n) is 16.3. The van der Waals surface area contributed by atoms with E-state index in [1.165, 1.54) is 12.8 Å². The van der Waals surface area contributed by atoms with Gasteiger partial charge in [-0.15, -0.1) is 0 Å². The van der Waals surface area contributed by atoms with Gasteiger partial charge in [0.25, 0.3) is 0 Å². The van der Waals surface area contributed by atoms with Crippen LogP contribution in [0.3, 0.4) is 0 Å². The Balaban J connectivity index is 0.905. The molecule has 2 amide bonds. The molecule has 59 heavy (non-hydrogen) atoms. The van der Waals surface area contributed by atoms with E-state index in [-0.39, 0.29) is 43.0 Å². The molecule has 6 N–H and O–H groups in total. The molecule has 0 unspecified atom stereocenters. The molecule has 2 spiro atoms. The van der Waals surface area contributed by atoms with Gasteiger partial charge in [0.05, 0.1) is 33.9 Å². The minimum atomic E-state index is -1.53. The number of hydrogen-bond acceptors (Lipinski definition) is 10. The minimum absolute atomic E-state index is 0.00395. The van der Waals surface area contributed by atoms with Crippen LogP contribution in [0.4, 0.5) is 4.79 Å². The van der Waals surface area contributed by atoms with Crippen LogP contribution in [0.15, 0.2) is 54.6 Å². The smallest absolute Gasteiger partial charge is 0.407 e. The van der Waals surface area contributed by atoms with Crippen LogP contribution in [0.1, 0.15) is 88.2 Å². The monoisotopic (exact) mass is 798 g/mol. The number of benzene rings is 3. The van der Waals surface area contributed by atoms with Crippen LogP contribution in [0, 0.1) is 5.92 Å². The molecule has 9 aliphatic rings. The van der Waals surface area contributed by atoms with Crippen molar-refractivity contribution in [3.05, 3.63) is 105 Å². The topological polar surface area (TPSA) is 177 Å². The molecule has 4 aromatic rings. The first-order valence-electron chi connectivity index (χ1n) is 21.3. The van der Waals surface area contributed by atoms with Gasteiger partial charge in [0, 0.05) is 43.1 Å². The van der Waals surface area contributed by atoms with Crippen molar-refractivity contribution < 1.29 is 44.2 Å². The van der Waals surface area contributed by atoms with Crippen LogP contribution in [-0.2, 0) is 52.7 Å². The molecule has 13 nitrogen and oxygen atoms in total. The van der Waals surface area contributed by atoms with E-state index >= 15 is 0 Å². The molecule has 3 aromatic carbocycles. The maximum absolute atomic E-state index is 14.2. The second-order valence-corrected chi connectivity index (χ2v) is 18.8. The molecular weight excluding hydrogens is 753 g/mol. The van der Waals surface area contributed by atoms with Gasteiger partial charge in [-0.25, -0.2) is 4.79 Å². The highest BCUT2D eigenvalue weighted by molar-refractivity contribution is 5.83. The fourth-order valence-electron chi connectivity index (χ4n) is 13.7. The van der Waals surface area contributed by atoms with Crippen molar-refractivity contribution in [3.8, 4) is 23.0 Å². The number of alkyl carbamates (subject to hydrolysis) is 1. The summed E-state index contributed by atoms with van der Waals surface area (Å²) in [4.78, 5) is 35.0. The number of aromatic nitrogens is 1. The van der Waals surface area contributed by atoms with Crippen LogP contribution in [-0.4, -0.2) is 96.7 Å². The molecule has 1 aromatic heterocycles. The lowest BCUT2D eigenvalue weighted by molar-refractivity contribution is -0.182. The number of piperidine rings is 2. The number of aromatic amines is 1. The molecule has 5 aliphatic carbocycles. The molecule has 5 heterocycles. The number of aliphatic hydroxyl groups is 2. The number of carbonyl (C=O) groups excluding carboxylic acids is 2. The molecule has 8 atom stereocenters. The molecule has 0 radical (unpaired) electrons. The van der Waals surface area contributed by atoms with Gasteiger partial charge in [0.15, 0.2) is 35.2 Å². The summed E-state index contributed by atoms with van der Waals surface area (Å²) < 4.78 is 19.2. The highest BCUT2D eigenvalue weighted by Crippen LogP contribution is 2.72. The predicted molar refractivity (Wildman–Crippen MR) is 209 cm³/mol. The van der Waals surface area contributed by atoms with Crippen molar-refractivity contribution in [2.45, 2.75) is 104 Å². The number of carbonyl (C=O) groups is 2. The second kappa shape index (κ2) is 11.3. The zero-order chi connectivity index (χ0) is 39.8. The van der Waals surface area contributed by atoms with E-state index < -0.39 is 46.4 Å². The third kappa shape index (κ3) is 4.11. The Morgan fingerprint density at radius 3 is 2.02 bits per heavy atom. The first-order chi connectivity index (χ1) is 28.6. The Kier molecular flexibility index (Phi) is 6.64. The van der Waals surface area contributed by atoms with E-state index in [1.807, 2.05) is 42.5 Å². The number of fused-ring (bicyclic) bond motifs is 5. The van der Waals surface area contributed by atoms with Gasteiger partial charge in [0.1, 0.15) is 18.8 Å². The number of rotatable bonds is 6. The fraction of sp³-hybridized carbons (Fsp3) is 0.478. The molecule has 3 fully saturated rings. The van der Waals surface area contributed by atoms with Crippen LogP contribution < -0.4 is 14.8 Å². The van der Waals surface area contributed by atoms with Gasteiger partial charge < -0.3 is 49.8 Å². The minimum Gasteiger partial charge on any atom is -0.504 e. The third-order valence-corrected chi connectivity index (χ3v) is 16.3. The van der Waals surface area contributed by atoms with Crippen molar-refractivity contribution in [2.24, 2.45) is 5.92 Å². The van der Waals surface area contributed by atoms with Gasteiger partial charge in [-0.05, 0) is 90.9 Å². The standard InChI is InChI=1S/C46H46N4O9/c51-29-10-8-25-16-31-45(55)18-27-28-19-46(56)32-17-26-9-11-30(52)39-35(26)44(46,13-15-50(32)33(53)20-47-42(54)57-22-24-4-2-1-3-5-24)41(59-39)37(28)48-36(27)40-43(45,34(25)38(29)58-40)12-14-49(31)21-23-6-7-23/h1-5,8-11,23,31-32,40-41,48,51-52,55-56H,6-7,12-22H2,(H,47,54)/t31-,32+,40+,41+,43+,44+,45-,46-/m1/s1. The number of phenols is 2. The fourth-order valence-corrected chi connectivity index (χ4v) is 13.7. The summed E-state index contributed by atoms with van der Waals surface area (Å²) in [7, 11) is 0. The lowest BCUT2D eigenvalue weighted by Gasteiger charge is -2.63. The number of nitrogens with one attached hydrogen (secondary N) is 2. The highest BCUT2D eigenvalue weighted by Gasteiger charge is 2.76.